The summed E-state index contributed by atoms with van der Waals surface area (Å²) in [6, 6.07) is 15.1. The summed E-state index contributed by atoms with van der Waals surface area (Å²) < 4.78 is 17.2. The van der Waals surface area contributed by atoms with E-state index in [1.165, 1.54) is 35.2 Å². The van der Waals surface area contributed by atoms with Gasteiger partial charge in [0.2, 0.25) is 5.17 Å². The van der Waals surface area contributed by atoms with Gasteiger partial charge in [0.1, 0.15) is 10.8 Å². The maximum atomic E-state index is 12.8. The Labute approximate surface area is 233 Å². The fraction of sp³-hybridized carbons (Fsp3) is 0.185. The zero-order valence-corrected chi connectivity index (χ0v) is 23.0. The van der Waals surface area contributed by atoms with E-state index in [0.717, 1.165) is 16.2 Å². The number of amidine groups is 2. The van der Waals surface area contributed by atoms with Crippen LogP contribution in [0.2, 0.25) is 5.02 Å². The number of halogens is 1. The molecule has 0 atom stereocenters. The van der Waals surface area contributed by atoms with Crippen molar-refractivity contribution in [1.82, 2.24) is 5.01 Å². The third-order valence-electron chi connectivity index (χ3n) is 5.54. The Morgan fingerprint density at radius 3 is 2.74 bits per heavy atom. The van der Waals surface area contributed by atoms with Gasteiger partial charge in [-0.05, 0) is 71.6 Å². The van der Waals surface area contributed by atoms with Crippen LogP contribution in [-0.4, -0.2) is 47.3 Å². The number of nitrogens with one attached hydrogen (secondary N) is 1. The third kappa shape index (κ3) is 5.62. The highest BCUT2D eigenvalue weighted by atomic mass is 35.5. The maximum Gasteiger partial charge on any atom is 0.283 e. The van der Waals surface area contributed by atoms with Gasteiger partial charge in [0.05, 0.1) is 35.8 Å². The number of aliphatic imine (C=N–C) groups is 1. The van der Waals surface area contributed by atoms with Crippen molar-refractivity contribution in [1.29, 1.82) is 5.41 Å². The molecule has 0 unspecified atom stereocenters. The Hall–Kier alpha value is -3.60. The van der Waals surface area contributed by atoms with Crippen molar-refractivity contribution in [2.24, 2.45) is 10.1 Å². The molecule has 1 aromatic heterocycles. The second-order valence-electron chi connectivity index (χ2n) is 8.30. The molecule has 5 rings (SSSR count). The van der Waals surface area contributed by atoms with Crippen LogP contribution in [0.3, 0.4) is 0 Å². The maximum absolute atomic E-state index is 12.8. The minimum Gasteiger partial charge on any atom is -0.493 e. The number of methoxy groups -OCH3 is 1. The number of ether oxygens (including phenoxy) is 3. The van der Waals surface area contributed by atoms with Gasteiger partial charge in [-0.3, -0.25) is 10.2 Å². The lowest BCUT2D eigenvalue weighted by molar-refractivity contribution is -0.114. The minimum absolute atomic E-state index is 0.0527. The summed E-state index contributed by atoms with van der Waals surface area (Å²) in [7, 11) is 1.52. The number of benzene rings is 2. The number of hydrazone groups is 1. The normalized spacial score (nSPS) is 15.9. The second kappa shape index (κ2) is 11.4. The van der Waals surface area contributed by atoms with Crippen molar-refractivity contribution in [3.63, 3.8) is 0 Å². The van der Waals surface area contributed by atoms with Crippen molar-refractivity contribution in [2.75, 3.05) is 20.3 Å². The monoisotopic (exact) mass is 566 g/mol. The van der Waals surface area contributed by atoms with Crippen molar-refractivity contribution in [3.8, 4) is 17.2 Å². The predicted octanol–water partition coefficient (Wildman–Crippen LogP) is 6.23. The molecule has 38 heavy (non-hydrogen) atoms. The van der Waals surface area contributed by atoms with Crippen LogP contribution in [0.25, 0.3) is 6.08 Å². The van der Waals surface area contributed by atoms with Gasteiger partial charge in [0.25, 0.3) is 5.91 Å². The average Bonchev–Trinajstić information content (AvgIpc) is 3.57. The zero-order valence-electron chi connectivity index (χ0n) is 20.6. The van der Waals surface area contributed by atoms with Crippen molar-refractivity contribution in [3.05, 3.63) is 80.5 Å². The molecule has 11 heteroatoms. The molecule has 0 saturated heterocycles. The molecule has 0 aliphatic carbocycles. The molecule has 1 amide bonds. The first-order chi connectivity index (χ1) is 18.4. The molecule has 2 aromatic carbocycles. The Morgan fingerprint density at radius 1 is 1.13 bits per heavy atom. The molecule has 0 bridgehead atoms. The average molecular weight is 567 g/mol. The molecular weight excluding hydrogens is 544 g/mol. The summed E-state index contributed by atoms with van der Waals surface area (Å²) in [6.07, 6.45) is 2.20. The number of aryl methyl sites for hydroxylation is 1. The number of hydrogen-bond donors (Lipinski definition) is 1. The summed E-state index contributed by atoms with van der Waals surface area (Å²) >= 11 is 9.33. The van der Waals surface area contributed by atoms with Crippen LogP contribution >= 0.6 is 34.7 Å². The lowest BCUT2D eigenvalue weighted by Crippen LogP contribution is -2.35. The highest BCUT2D eigenvalue weighted by molar-refractivity contribution is 8.27. The van der Waals surface area contributed by atoms with Crippen LogP contribution in [0.15, 0.2) is 69.6 Å². The first kappa shape index (κ1) is 26.0. The van der Waals surface area contributed by atoms with Gasteiger partial charge in [-0.1, -0.05) is 29.8 Å². The number of rotatable bonds is 9. The fourth-order valence-electron chi connectivity index (χ4n) is 3.75. The number of amides is 1. The lowest BCUT2D eigenvalue weighted by Gasteiger charge is -2.20. The number of thiophene rings is 1. The molecule has 0 spiro atoms. The van der Waals surface area contributed by atoms with Crippen molar-refractivity contribution < 1.29 is 19.0 Å². The molecule has 1 N–H and O–H groups in total. The molecule has 2 aliphatic heterocycles. The highest BCUT2D eigenvalue weighted by Crippen LogP contribution is 2.38. The van der Waals surface area contributed by atoms with E-state index < -0.39 is 5.91 Å². The SMILES string of the molecule is COc1cc(C=C2C(=N)N3N=C(c4cccs4)SC3=NC2=O)cc(Cl)c1OCCCOc1cccc(C)c1. The van der Waals surface area contributed by atoms with Gasteiger partial charge >= 0.3 is 0 Å². The Kier molecular flexibility index (Phi) is 7.82. The molecule has 3 heterocycles. The molecule has 0 saturated carbocycles. The quantitative estimate of drug-likeness (QED) is 0.243. The van der Waals surface area contributed by atoms with Gasteiger partial charge < -0.3 is 14.2 Å². The van der Waals surface area contributed by atoms with Crippen molar-refractivity contribution >= 4 is 62.7 Å². The van der Waals surface area contributed by atoms with E-state index in [1.807, 2.05) is 48.7 Å². The summed E-state index contributed by atoms with van der Waals surface area (Å²) in [4.78, 5) is 17.9. The van der Waals surface area contributed by atoms with E-state index in [0.29, 0.717) is 51.9 Å². The lowest BCUT2D eigenvalue weighted by atomic mass is 10.1. The minimum atomic E-state index is -0.514. The number of carbonyl (C=O) groups is 1. The summed E-state index contributed by atoms with van der Waals surface area (Å²) in [5.41, 5.74) is 1.81. The Morgan fingerprint density at radius 2 is 1.97 bits per heavy atom. The number of thioether (sulfide) groups is 1. The molecule has 3 aromatic rings. The number of hydrogen-bond acceptors (Lipinski definition) is 8. The van der Waals surface area contributed by atoms with Crippen LogP contribution in [0.4, 0.5) is 0 Å². The van der Waals surface area contributed by atoms with Crippen LogP contribution < -0.4 is 14.2 Å². The Balaban J connectivity index is 1.27. The van der Waals surface area contributed by atoms with Crippen LogP contribution in [0, 0.1) is 12.3 Å². The highest BCUT2D eigenvalue weighted by Gasteiger charge is 2.36. The summed E-state index contributed by atoms with van der Waals surface area (Å²) in [6.45, 7) is 2.88. The van der Waals surface area contributed by atoms with E-state index >= 15 is 0 Å². The molecule has 0 radical (unpaired) electrons. The van der Waals surface area contributed by atoms with Gasteiger partial charge in [0.15, 0.2) is 17.3 Å². The molecule has 0 fully saturated rings. The van der Waals surface area contributed by atoms with Gasteiger partial charge in [0, 0.05) is 6.42 Å². The van der Waals surface area contributed by atoms with E-state index in [1.54, 1.807) is 18.2 Å². The van der Waals surface area contributed by atoms with E-state index in [-0.39, 0.29) is 11.4 Å². The largest absolute Gasteiger partial charge is 0.493 e. The molecule has 2 aliphatic rings. The van der Waals surface area contributed by atoms with Gasteiger partial charge in [-0.15, -0.1) is 11.3 Å². The van der Waals surface area contributed by atoms with Crippen LogP contribution in [0.1, 0.15) is 22.4 Å². The number of carbonyl (C=O) groups excluding carboxylic acids is 1. The van der Waals surface area contributed by atoms with E-state index in [9.17, 15) is 4.79 Å². The van der Waals surface area contributed by atoms with Gasteiger partial charge in [-0.25, -0.2) is 0 Å². The predicted molar refractivity (Wildman–Crippen MR) is 153 cm³/mol. The molecule has 8 nitrogen and oxygen atoms in total. The molecular formula is C27H23ClN4O4S2. The second-order valence-corrected chi connectivity index (χ2v) is 10.6. The van der Waals surface area contributed by atoms with E-state index in [4.69, 9.17) is 31.2 Å². The summed E-state index contributed by atoms with van der Waals surface area (Å²) in [5.74, 6) is 1.07. The summed E-state index contributed by atoms with van der Waals surface area (Å²) in [5, 5.41) is 17.8. The molecule has 194 valence electrons. The zero-order chi connectivity index (χ0) is 26.6. The standard InChI is InChI=1S/C27H23ClN4O4S2/c1-16-6-3-7-18(12-16)35-9-5-10-36-23-20(28)14-17(15-21(23)34-2)13-19-24(29)32-27(30-25(19)33)38-26(31-32)22-8-4-11-37-22/h3-4,6-8,11-15,29H,5,9-10H2,1-2H3. The first-order valence-electron chi connectivity index (χ1n) is 11.7. The smallest absolute Gasteiger partial charge is 0.283 e. The van der Waals surface area contributed by atoms with Crippen molar-refractivity contribution in [2.45, 2.75) is 13.3 Å². The van der Waals surface area contributed by atoms with Gasteiger partial charge in [-0.2, -0.15) is 15.1 Å². The van der Waals surface area contributed by atoms with Crippen LogP contribution in [-0.2, 0) is 4.79 Å². The van der Waals surface area contributed by atoms with Crippen LogP contribution in [0.5, 0.6) is 17.2 Å². The topological polar surface area (TPSA) is 96.6 Å². The fourth-order valence-corrected chi connectivity index (χ4v) is 5.71. The number of nitrogens with zero attached hydrogens (tertiary/aromatic N) is 3. The first-order valence-corrected chi connectivity index (χ1v) is 13.7. The Bertz CT molecular complexity index is 1480. The van der Waals surface area contributed by atoms with E-state index in [2.05, 4.69) is 10.1 Å². The number of fused-ring (bicyclic) bond motifs is 1. The third-order valence-corrected chi connectivity index (χ3v) is 7.77.